The largest absolute Gasteiger partial charge is 0.452 e. The lowest BCUT2D eigenvalue weighted by Gasteiger charge is -2.13. The Kier molecular flexibility index (Phi) is 4.61. The number of hydrogen-bond acceptors (Lipinski definition) is 4. The second kappa shape index (κ2) is 6.41. The van der Waals surface area contributed by atoms with Gasteiger partial charge in [0.05, 0.1) is 5.56 Å². The van der Waals surface area contributed by atoms with Crippen molar-refractivity contribution >= 4 is 17.6 Å². The van der Waals surface area contributed by atoms with Crippen molar-refractivity contribution in [2.45, 2.75) is 38.6 Å². The van der Waals surface area contributed by atoms with Gasteiger partial charge in [0.1, 0.15) is 0 Å². The first-order chi connectivity index (χ1) is 9.58. The maximum Gasteiger partial charge on any atom is 0.341 e. The van der Waals surface area contributed by atoms with Crippen molar-refractivity contribution in [1.82, 2.24) is 5.32 Å². The highest BCUT2D eigenvalue weighted by Crippen LogP contribution is 2.18. The molecule has 0 radical (unpaired) electrons. The third-order valence-corrected chi connectivity index (χ3v) is 3.56. The fourth-order valence-electron chi connectivity index (χ4n) is 2.51. The monoisotopic (exact) mass is 276 g/mol. The molecular formula is C15H20N2O3. The molecule has 0 aliphatic heterocycles. The highest BCUT2D eigenvalue weighted by molar-refractivity contribution is 5.97. The zero-order valence-corrected chi connectivity index (χ0v) is 11.6. The molecule has 1 saturated carbocycles. The van der Waals surface area contributed by atoms with E-state index in [-0.39, 0.29) is 18.6 Å². The summed E-state index contributed by atoms with van der Waals surface area (Å²) in [5.41, 5.74) is 7.20. The first kappa shape index (κ1) is 14.4. The smallest absolute Gasteiger partial charge is 0.341 e. The van der Waals surface area contributed by atoms with Crippen LogP contribution in [0.2, 0.25) is 0 Å². The van der Waals surface area contributed by atoms with E-state index in [9.17, 15) is 9.59 Å². The average Bonchev–Trinajstić information content (AvgIpc) is 2.89. The first-order valence-electron chi connectivity index (χ1n) is 6.89. The van der Waals surface area contributed by atoms with E-state index in [0.29, 0.717) is 11.3 Å². The number of benzene rings is 1. The van der Waals surface area contributed by atoms with Crippen molar-refractivity contribution in [1.29, 1.82) is 0 Å². The summed E-state index contributed by atoms with van der Waals surface area (Å²) in [6, 6.07) is 5.42. The molecule has 1 amide bonds. The lowest BCUT2D eigenvalue weighted by Crippen LogP contribution is -2.36. The van der Waals surface area contributed by atoms with E-state index in [4.69, 9.17) is 10.5 Å². The lowest BCUT2D eigenvalue weighted by molar-refractivity contribution is -0.124. The van der Waals surface area contributed by atoms with Gasteiger partial charge in [0.25, 0.3) is 5.91 Å². The third-order valence-electron chi connectivity index (χ3n) is 3.56. The van der Waals surface area contributed by atoms with Gasteiger partial charge in [0.15, 0.2) is 6.61 Å². The number of esters is 1. The number of nitrogens with two attached hydrogens (primary N) is 1. The minimum absolute atomic E-state index is 0.227. The highest BCUT2D eigenvalue weighted by atomic mass is 16.5. The van der Waals surface area contributed by atoms with Gasteiger partial charge in [-0.25, -0.2) is 4.79 Å². The molecule has 0 spiro atoms. The maximum atomic E-state index is 11.9. The van der Waals surface area contributed by atoms with Gasteiger partial charge in [-0.15, -0.1) is 0 Å². The molecule has 1 aliphatic rings. The Morgan fingerprint density at radius 2 is 2.05 bits per heavy atom. The Labute approximate surface area is 118 Å². The van der Waals surface area contributed by atoms with E-state index in [1.165, 1.54) is 0 Å². The van der Waals surface area contributed by atoms with Gasteiger partial charge in [0, 0.05) is 11.7 Å². The van der Waals surface area contributed by atoms with Crippen LogP contribution in [0, 0.1) is 6.92 Å². The summed E-state index contributed by atoms with van der Waals surface area (Å²) in [6.07, 6.45) is 4.30. The molecule has 20 heavy (non-hydrogen) atoms. The molecule has 0 aromatic heterocycles. The molecule has 1 fully saturated rings. The number of carbonyl (C=O) groups excluding carboxylic acids is 2. The Morgan fingerprint density at radius 1 is 1.35 bits per heavy atom. The molecule has 5 nitrogen and oxygen atoms in total. The molecule has 0 bridgehead atoms. The lowest BCUT2D eigenvalue weighted by atomic mass is 10.1. The van der Waals surface area contributed by atoms with E-state index in [1.54, 1.807) is 25.1 Å². The van der Waals surface area contributed by atoms with Crippen molar-refractivity contribution < 1.29 is 14.3 Å². The molecule has 3 N–H and O–H groups in total. The Bertz CT molecular complexity index is 488. The molecular weight excluding hydrogens is 256 g/mol. The Hall–Kier alpha value is -2.04. The molecule has 2 rings (SSSR count). The van der Waals surface area contributed by atoms with E-state index in [1.807, 2.05) is 0 Å². The number of anilines is 1. The second-order valence-corrected chi connectivity index (χ2v) is 5.16. The van der Waals surface area contributed by atoms with Gasteiger partial charge >= 0.3 is 5.97 Å². The van der Waals surface area contributed by atoms with Gasteiger partial charge in [-0.2, -0.15) is 0 Å². The van der Waals surface area contributed by atoms with Gasteiger partial charge in [-0.05, 0) is 31.4 Å². The van der Waals surface area contributed by atoms with E-state index < -0.39 is 5.97 Å². The summed E-state index contributed by atoms with van der Waals surface area (Å²) >= 11 is 0. The number of nitrogen functional groups attached to an aromatic ring is 1. The summed E-state index contributed by atoms with van der Waals surface area (Å²) in [5.74, 6) is -0.806. The normalized spacial score (nSPS) is 15.1. The van der Waals surface area contributed by atoms with Crippen molar-refractivity contribution in [2.24, 2.45) is 0 Å². The SMILES string of the molecule is Cc1cccc(N)c1C(=O)OCC(=O)NC1CCCC1. The number of carbonyl (C=O) groups is 2. The molecule has 1 aromatic carbocycles. The summed E-state index contributed by atoms with van der Waals surface area (Å²) in [6.45, 7) is 1.52. The minimum atomic E-state index is -0.554. The standard InChI is InChI=1S/C15H20N2O3/c1-10-5-4-8-12(16)14(10)15(19)20-9-13(18)17-11-6-2-3-7-11/h4-5,8,11H,2-3,6-7,9,16H2,1H3,(H,17,18). The van der Waals surface area contributed by atoms with Crippen molar-refractivity contribution in [2.75, 3.05) is 12.3 Å². The molecule has 0 saturated heterocycles. The average molecular weight is 276 g/mol. The van der Waals surface area contributed by atoms with Crippen molar-refractivity contribution in [3.63, 3.8) is 0 Å². The number of nitrogens with one attached hydrogen (secondary N) is 1. The fraction of sp³-hybridized carbons (Fsp3) is 0.467. The predicted octanol–water partition coefficient (Wildman–Crippen LogP) is 1.79. The molecule has 0 unspecified atom stereocenters. The van der Waals surface area contributed by atoms with Gasteiger partial charge in [-0.1, -0.05) is 25.0 Å². The van der Waals surface area contributed by atoms with Crippen LogP contribution in [0.5, 0.6) is 0 Å². The van der Waals surface area contributed by atoms with Crippen LogP contribution in [0.4, 0.5) is 5.69 Å². The van der Waals surface area contributed by atoms with Crippen LogP contribution in [0.1, 0.15) is 41.6 Å². The molecule has 0 atom stereocenters. The van der Waals surface area contributed by atoms with Crippen LogP contribution in [0.25, 0.3) is 0 Å². The van der Waals surface area contributed by atoms with Crippen molar-refractivity contribution in [3.8, 4) is 0 Å². The number of amides is 1. The Morgan fingerprint density at radius 3 is 2.70 bits per heavy atom. The third kappa shape index (κ3) is 3.50. The van der Waals surface area contributed by atoms with Crippen LogP contribution in [-0.2, 0) is 9.53 Å². The van der Waals surface area contributed by atoms with Crippen LogP contribution in [-0.4, -0.2) is 24.5 Å². The minimum Gasteiger partial charge on any atom is -0.452 e. The number of hydrogen-bond donors (Lipinski definition) is 2. The molecule has 5 heteroatoms. The van der Waals surface area contributed by atoms with Gasteiger partial charge < -0.3 is 15.8 Å². The zero-order valence-electron chi connectivity index (χ0n) is 11.6. The summed E-state index contributed by atoms with van der Waals surface area (Å²) < 4.78 is 5.03. The predicted molar refractivity (Wildman–Crippen MR) is 76.3 cm³/mol. The van der Waals surface area contributed by atoms with Crippen LogP contribution in [0.3, 0.4) is 0 Å². The van der Waals surface area contributed by atoms with E-state index >= 15 is 0 Å². The fourth-order valence-corrected chi connectivity index (χ4v) is 2.51. The van der Waals surface area contributed by atoms with Crippen LogP contribution < -0.4 is 11.1 Å². The summed E-state index contributed by atoms with van der Waals surface area (Å²) in [7, 11) is 0. The molecule has 108 valence electrons. The highest BCUT2D eigenvalue weighted by Gasteiger charge is 2.19. The maximum absolute atomic E-state index is 11.9. The topological polar surface area (TPSA) is 81.4 Å². The summed E-state index contributed by atoms with van der Waals surface area (Å²) in [4.78, 5) is 23.6. The van der Waals surface area contributed by atoms with E-state index in [0.717, 1.165) is 31.2 Å². The number of aryl methyl sites for hydroxylation is 1. The van der Waals surface area contributed by atoms with Gasteiger partial charge in [0.2, 0.25) is 0 Å². The number of rotatable bonds is 4. The molecule has 0 heterocycles. The van der Waals surface area contributed by atoms with Crippen LogP contribution in [0.15, 0.2) is 18.2 Å². The van der Waals surface area contributed by atoms with Crippen molar-refractivity contribution in [3.05, 3.63) is 29.3 Å². The molecule has 1 aliphatic carbocycles. The number of ether oxygens (including phenoxy) is 1. The Balaban J connectivity index is 1.87. The van der Waals surface area contributed by atoms with Crippen LogP contribution >= 0.6 is 0 Å². The van der Waals surface area contributed by atoms with Gasteiger partial charge in [-0.3, -0.25) is 4.79 Å². The molecule has 1 aromatic rings. The second-order valence-electron chi connectivity index (χ2n) is 5.16. The quantitative estimate of drug-likeness (QED) is 0.649. The summed E-state index contributed by atoms with van der Waals surface area (Å²) in [5, 5.41) is 2.87. The zero-order chi connectivity index (χ0) is 14.5. The van der Waals surface area contributed by atoms with E-state index in [2.05, 4.69) is 5.32 Å². The first-order valence-corrected chi connectivity index (χ1v) is 6.89.